The minimum Gasteiger partial charge on any atom is -0.480 e. The number of benzene rings is 2. The molecule has 0 radical (unpaired) electrons. The molecule has 1 aliphatic rings. The Morgan fingerprint density at radius 1 is 1.00 bits per heavy atom. The van der Waals surface area contributed by atoms with Crippen LogP contribution in [0.1, 0.15) is 34.6 Å². The van der Waals surface area contributed by atoms with Gasteiger partial charge in [-0.3, -0.25) is 9.59 Å². The van der Waals surface area contributed by atoms with Crippen LogP contribution in [-0.4, -0.2) is 69.7 Å². The summed E-state index contributed by atoms with van der Waals surface area (Å²) in [5.74, 6) is -0.984. The standard InChI is InChI=1S/C23H25F3N2O5S/c1-15(29)17-4-6-18(7-5-17)27-10-12-28(13-11-27)22(30)20-14-19(34(3,31)32)8-9-21(20)33-16(2)23(24,25)26/h4-9,14,16H,10-13H2,1-3H3/t16-/m1/s1. The summed E-state index contributed by atoms with van der Waals surface area (Å²) in [6, 6.07) is 10.3. The van der Waals surface area contributed by atoms with Gasteiger partial charge in [0.25, 0.3) is 5.91 Å². The normalized spacial score (nSPS) is 15.7. The molecule has 2 aromatic carbocycles. The Morgan fingerprint density at radius 3 is 2.09 bits per heavy atom. The molecule has 7 nitrogen and oxygen atoms in total. The number of anilines is 1. The molecule has 0 aromatic heterocycles. The second-order valence-corrected chi connectivity index (χ2v) is 10.1. The second-order valence-electron chi connectivity index (χ2n) is 8.11. The van der Waals surface area contributed by atoms with E-state index in [-0.39, 0.29) is 35.1 Å². The van der Waals surface area contributed by atoms with E-state index in [1.165, 1.54) is 11.8 Å². The SMILES string of the molecule is CC(=O)c1ccc(N2CCN(C(=O)c3cc(S(C)(=O)=O)ccc3O[C@H](C)C(F)(F)F)CC2)cc1. The van der Waals surface area contributed by atoms with Crippen molar-refractivity contribution in [1.29, 1.82) is 0 Å². The number of halogens is 3. The van der Waals surface area contributed by atoms with Crippen molar-refractivity contribution >= 4 is 27.2 Å². The molecule has 0 spiro atoms. The van der Waals surface area contributed by atoms with E-state index >= 15 is 0 Å². The van der Waals surface area contributed by atoms with E-state index in [2.05, 4.69) is 0 Å². The minimum atomic E-state index is -4.65. The second kappa shape index (κ2) is 9.65. The zero-order valence-electron chi connectivity index (χ0n) is 18.9. The number of nitrogens with zero attached hydrogens (tertiary/aromatic N) is 2. The predicted octanol–water partition coefficient (Wildman–Crippen LogP) is 3.58. The predicted molar refractivity (Wildman–Crippen MR) is 120 cm³/mol. The van der Waals surface area contributed by atoms with Gasteiger partial charge in [0.1, 0.15) is 5.75 Å². The monoisotopic (exact) mass is 498 g/mol. The highest BCUT2D eigenvalue weighted by molar-refractivity contribution is 7.90. The molecule has 0 N–H and O–H groups in total. The van der Waals surface area contributed by atoms with Crippen LogP contribution >= 0.6 is 0 Å². The number of hydrogen-bond acceptors (Lipinski definition) is 6. The van der Waals surface area contributed by atoms with E-state index in [0.29, 0.717) is 18.7 Å². The highest BCUT2D eigenvalue weighted by Gasteiger charge is 2.39. The Labute approximate surface area is 196 Å². The lowest BCUT2D eigenvalue weighted by atomic mass is 10.1. The molecule has 1 amide bonds. The number of sulfone groups is 1. The van der Waals surface area contributed by atoms with Crippen molar-refractivity contribution < 1.29 is 35.9 Å². The highest BCUT2D eigenvalue weighted by atomic mass is 32.2. The van der Waals surface area contributed by atoms with Crippen LogP contribution in [0.15, 0.2) is 47.4 Å². The van der Waals surface area contributed by atoms with Gasteiger partial charge in [-0.05, 0) is 56.3 Å². The fourth-order valence-electron chi connectivity index (χ4n) is 3.51. The first-order valence-electron chi connectivity index (χ1n) is 10.5. The average molecular weight is 499 g/mol. The number of carbonyl (C=O) groups is 2. The molecule has 0 bridgehead atoms. The van der Waals surface area contributed by atoms with Gasteiger partial charge >= 0.3 is 6.18 Å². The molecule has 11 heteroatoms. The summed E-state index contributed by atoms with van der Waals surface area (Å²) in [4.78, 5) is 27.9. The fourth-order valence-corrected chi connectivity index (χ4v) is 4.16. The first-order chi connectivity index (χ1) is 15.8. The number of hydrogen-bond donors (Lipinski definition) is 0. The van der Waals surface area contributed by atoms with Gasteiger partial charge in [0.15, 0.2) is 21.7 Å². The molecule has 3 rings (SSSR count). The van der Waals surface area contributed by atoms with Crippen LogP contribution in [0.2, 0.25) is 0 Å². The van der Waals surface area contributed by atoms with Crippen LogP contribution in [0.25, 0.3) is 0 Å². The van der Waals surface area contributed by atoms with Crippen molar-refractivity contribution in [3.63, 3.8) is 0 Å². The largest absolute Gasteiger partial charge is 0.480 e. The molecule has 1 fully saturated rings. The third-order valence-electron chi connectivity index (χ3n) is 5.58. The van der Waals surface area contributed by atoms with Gasteiger partial charge in [-0.25, -0.2) is 8.42 Å². The number of alkyl halides is 3. The zero-order valence-corrected chi connectivity index (χ0v) is 19.7. The van der Waals surface area contributed by atoms with Crippen LogP contribution in [0, 0.1) is 0 Å². The number of amides is 1. The number of Topliss-reactive ketones (excluding diaryl/α,β-unsaturated/α-hetero) is 1. The quantitative estimate of drug-likeness (QED) is 0.566. The van der Waals surface area contributed by atoms with Gasteiger partial charge in [0, 0.05) is 43.7 Å². The lowest BCUT2D eigenvalue weighted by Crippen LogP contribution is -2.49. The molecule has 34 heavy (non-hydrogen) atoms. The zero-order chi connectivity index (χ0) is 25.3. The van der Waals surface area contributed by atoms with Crippen molar-refractivity contribution in [2.24, 2.45) is 0 Å². The summed E-state index contributed by atoms with van der Waals surface area (Å²) in [7, 11) is -3.70. The Morgan fingerprint density at radius 2 is 1.59 bits per heavy atom. The fraction of sp³-hybridized carbons (Fsp3) is 0.391. The molecule has 1 aliphatic heterocycles. The van der Waals surface area contributed by atoms with Crippen molar-refractivity contribution in [2.75, 3.05) is 37.3 Å². The molecule has 0 unspecified atom stereocenters. The molecular formula is C23H25F3N2O5S. The summed E-state index contributed by atoms with van der Waals surface area (Å²) >= 11 is 0. The topological polar surface area (TPSA) is 84.0 Å². The van der Waals surface area contributed by atoms with Crippen LogP contribution in [0.5, 0.6) is 5.75 Å². The van der Waals surface area contributed by atoms with Crippen LogP contribution < -0.4 is 9.64 Å². The van der Waals surface area contributed by atoms with Gasteiger partial charge in [0.2, 0.25) is 0 Å². The maximum absolute atomic E-state index is 13.2. The molecular weight excluding hydrogens is 473 g/mol. The minimum absolute atomic E-state index is 0.0452. The smallest absolute Gasteiger partial charge is 0.425 e. The molecule has 0 aliphatic carbocycles. The van der Waals surface area contributed by atoms with E-state index in [1.807, 2.05) is 17.0 Å². The van der Waals surface area contributed by atoms with Crippen molar-refractivity contribution in [1.82, 2.24) is 4.90 Å². The van der Waals surface area contributed by atoms with Gasteiger partial charge in [-0.2, -0.15) is 13.2 Å². The molecule has 1 saturated heterocycles. The molecule has 1 heterocycles. The molecule has 1 atom stereocenters. The molecule has 184 valence electrons. The Kier molecular flexibility index (Phi) is 7.25. The number of ketones is 1. The lowest BCUT2D eigenvalue weighted by Gasteiger charge is -2.36. The average Bonchev–Trinajstić information content (AvgIpc) is 2.77. The summed E-state index contributed by atoms with van der Waals surface area (Å²) < 4.78 is 68.0. The van der Waals surface area contributed by atoms with Gasteiger partial charge in [-0.15, -0.1) is 0 Å². The Balaban J connectivity index is 1.80. The van der Waals surface area contributed by atoms with E-state index in [9.17, 15) is 31.2 Å². The van der Waals surface area contributed by atoms with Crippen molar-refractivity contribution in [3.8, 4) is 5.75 Å². The number of ether oxygens (including phenoxy) is 1. The van der Waals surface area contributed by atoms with E-state index in [0.717, 1.165) is 37.1 Å². The maximum atomic E-state index is 13.2. The van der Waals surface area contributed by atoms with Crippen molar-refractivity contribution in [3.05, 3.63) is 53.6 Å². The summed E-state index contributed by atoms with van der Waals surface area (Å²) in [6.45, 7) is 3.73. The third-order valence-corrected chi connectivity index (χ3v) is 6.69. The first-order valence-corrected chi connectivity index (χ1v) is 12.4. The Hall–Kier alpha value is -3.08. The van der Waals surface area contributed by atoms with Gasteiger partial charge < -0.3 is 14.5 Å². The van der Waals surface area contributed by atoms with Crippen LogP contribution in [0.3, 0.4) is 0 Å². The summed E-state index contributed by atoms with van der Waals surface area (Å²) in [5, 5.41) is 0. The first kappa shape index (κ1) is 25.5. The number of piperazine rings is 1. The molecule has 2 aromatic rings. The highest BCUT2D eigenvalue weighted by Crippen LogP contribution is 2.30. The van der Waals surface area contributed by atoms with Crippen LogP contribution in [0.4, 0.5) is 18.9 Å². The van der Waals surface area contributed by atoms with Gasteiger partial charge in [0.05, 0.1) is 10.5 Å². The number of rotatable bonds is 6. The van der Waals surface area contributed by atoms with E-state index < -0.39 is 28.0 Å². The third kappa shape index (κ3) is 5.88. The summed E-state index contributed by atoms with van der Waals surface area (Å²) in [5.41, 5.74) is 1.22. The number of carbonyl (C=O) groups excluding carboxylic acids is 2. The molecule has 0 saturated carbocycles. The lowest BCUT2D eigenvalue weighted by molar-refractivity contribution is -0.189. The van der Waals surface area contributed by atoms with Crippen LogP contribution in [-0.2, 0) is 9.84 Å². The Bertz CT molecular complexity index is 1170. The summed E-state index contributed by atoms with van der Waals surface area (Å²) in [6.07, 6.45) is -5.89. The van der Waals surface area contributed by atoms with E-state index in [4.69, 9.17) is 4.74 Å². The van der Waals surface area contributed by atoms with Crippen molar-refractivity contribution in [2.45, 2.75) is 31.0 Å². The maximum Gasteiger partial charge on any atom is 0.425 e. The van der Waals surface area contributed by atoms with Gasteiger partial charge in [-0.1, -0.05) is 0 Å². The van der Waals surface area contributed by atoms with E-state index in [1.54, 1.807) is 12.1 Å².